The molecule has 1 aromatic rings. The summed E-state index contributed by atoms with van der Waals surface area (Å²) >= 11 is 5.55. The van der Waals surface area contributed by atoms with Crippen LogP contribution in [0.5, 0.6) is 0 Å². The molecular weight excluding hydrogens is 365 g/mol. The van der Waals surface area contributed by atoms with E-state index in [-0.39, 0.29) is 4.90 Å². The fraction of sp³-hybridized carbons (Fsp3) is 0.600. The average Bonchev–Trinajstić information content (AvgIpc) is 2.52. The molecule has 24 heavy (non-hydrogen) atoms. The van der Waals surface area contributed by atoms with E-state index in [9.17, 15) is 21.6 Å². The van der Waals surface area contributed by atoms with Gasteiger partial charge in [0.1, 0.15) is 0 Å². The van der Waals surface area contributed by atoms with E-state index in [0.29, 0.717) is 37.9 Å². The van der Waals surface area contributed by atoms with Crippen LogP contribution in [-0.2, 0) is 16.2 Å². The van der Waals surface area contributed by atoms with Crippen molar-refractivity contribution in [3.8, 4) is 0 Å². The van der Waals surface area contributed by atoms with E-state index < -0.39 is 26.8 Å². The van der Waals surface area contributed by atoms with Crippen LogP contribution >= 0.6 is 11.6 Å². The number of hydrogen-bond acceptors (Lipinski definition) is 3. The normalized spacial score (nSPS) is 18.0. The number of nitrogens with one attached hydrogen (secondary N) is 1. The molecule has 9 heteroatoms. The van der Waals surface area contributed by atoms with Gasteiger partial charge >= 0.3 is 6.18 Å². The van der Waals surface area contributed by atoms with Crippen molar-refractivity contribution in [1.29, 1.82) is 0 Å². The molecule has 1 aromatic carbocycles. The third-order valence-electron chi connectivity index (χ3n) is 4.26. The molecule has 0 saturated carbocycles. The molecule has 0 spiro atoms. The van der Waals surface area contributed by atoms with E-state index in [1.54, 1.807) is 0 Å². The molecule has 1 aliphatic rings. The summed E-state index contributed by atoms with van der Waals surface area (Å²) < 4.78 is 65.2. The summed E-state index contributed by atoms with van der Waals surface area (Å²) in [7, 11) is -2.09. The van der Waals surface area contributed by atoms with Gasteiger partial charge in [-0.3, -0.25) is 0 Å². The van der Waals surface area contributed by atoms with Crippen molar-refractivity contribution in [1.82, 2.24) is 9.62 Å². The Bertz CT molecular complexity index is 672. The van der Waals surface area contributed by atoms with Crippen LogP contribution in [0.4, 0.5) is 13.2 Å². The highest BCUT2D eigenvalue weighted by Gasteiger charge is 2.36. The van der Waals surface area contributed by atoms with Crippen molar-refractivity contribution in [2.24, 2.45) is 5.92 Å². The highest BCUT2D eigenvalue weighted by atomic mass is 35.5. The van der Waals surface area contributed by atoms with Crippen LogP contribution in [-0.4, -0.2) is 39.4 Å². The first-order chi connectivity index (χ1) is 11.2. The van der Waals surface area contributed by atoms with Gasteiger partial charge < -0.3 is 5.32 Å². The molecule has 0 amide bonds. The number of sulfonamides is 1. The van der Waals surface area contributed by atoms with Crippen molar-refractivity contribution < 1.29 is 21.6 Å². The Labute approximate surface area is 145 Å². The number of halogens is 4. The molecule has 0 radical (unpaired) electrons. The molecule has 1 fully saturated rings. The van der Waals surface area contributed by atoms with Gasteiger partial charge in [-0.15, -0.1) is 0 Å². The smallest absolute Gasteiger partial charge is 0.320 e. The Morgan fingerprint density at radius 1 is 1.29 bits per heavy atom. The van der Waals surface area contributed by atoms with Crippen LogP contribution in [0, 0.1) is 5.92 Å². The minimum atomic E-state index is -4.69. The van der Waals surface area contributed by atoms with Gasteiger partial charge in [0.15, 0.2) is 0 Å². The van der Waals surface area contributed by atoms with E-state index in [2.05, 4.69) is 5.32 Å². The fourth-order valence-electron chi connectivity index (χ4n) is 2.82. The standard InChI is InChI=1S/C15H20ClF3N2O2S/c1-20-7-4-11-5-8-21(9-6-11)24(22,23)12-2-3-14(16)13(10-12)15(17,18)19/h2-3,10-11,20H,4-9H2,1H3. The maximum absolute atomic E-state index is 12.9. The van der Waals surface area contributed by atoms with Gasteiger partial charge in [-0.05, 0) is 57.0 Å². The predicted molar refractivity (Wildman–Crippen MR) is 86.5 cm³/mol. The SMILES string of the molecule is CNCCC1CCN(S(=O)(=O)c2ccc(Cl)c(C(F)(F)F)c2)CC1. The summed E-state index contributed by atoms with van der Waals surface area (Å²) in [5, 5.41) is 2.55. The van der Waals surface area contributed by atoms with Crippen LogP contribution in [0.3, 0.4) is 0 Å². The number of hydrogen-bond donors (Lipinski definition) is 1. The van der Waals surface area contributed by atoms with Gasteiger partial charge in [-0.1, -0.05) is 11.6 Å². The zero-order valence-corrected chi connectivity index (χ0v) is 14.8. The minimum absolute atomic E-state index is 0.320. The summed E-state index contributed by atoms with van der Waals surface area (Å²) in [6.07, 6.45) is -2.31. The van der Waals surface area contributed by atoms with Crippen LogP contribution in [0.25, 0.3) is 0 Å². The van der Waals surface area contributed by atoms with Crippen LogP contribution in [0.1, 0.15) is 24.8 Å². The molecular formula is C15H20ClF3N2O2S. The number of alkyl halides is 3. The second kappa shape index (κ2) is 7.59. The largest absolute Gasteiger partial charge is 0.417 e. The van der Waals surface area contributed by atoms with Crippen LogP contribution < -0.4 is 5.32 Å². The third kappa shape index (κ3) is 4.41. The molecule has 2 rings (SSSR count). The Morgan fingerprint density at radius 2 is 1.92 bits per heavy atom. The highest BCUT2D eigenvalue weighted by molar-refractivity contribution is 7.89. The molecule has 0 aliphatic carbocycles. The summed E-state index contributed by atoms with van der Waals surface area (Å²) in [6, 6.07) is 2.72. The van der Waals surface area contributed by atoms with E-state index in [4.69, 9.17) is 11.6 Å². The van der Waals surface area contributed by atoms with Crippen molar-refractivity contribution in [3.05, 3.63) is 28.8 Å². The van der Waals surface area contributed by atoms with Crippen molar-refractivity contribution in [2.75, 3.05) is 26.7 Å². The number of rotatable bonds is 5. The summed E-state index contributed by atoms with van der Waals surface area (Å²) in [5.74, 6) is 0.430. The number of benzene rings is 1. The first-order valence-electron chi connectivity index (χ1n) is 7.67. The third-order valence-corrected chi connectivity index (χ3v) is 6.48. The van der Waals surface area contributed by atoms with Gasteiger partial charge in [0.05, 0.1) is 15.5 Å². The van der Waals surface area contributed by atoms with Gasteiger partial charge in [0, 0.05) is 13.1 Å². The Balaban J connectivity index is 2.17. The molecule has 0 aromatic heterocycles. The molecule has 4 nitrogen and oxygen atoms in total. The molecule has 1 aliphatic heterocycles. The summed E-state index contributed by atoms with van der Waals surface area (Å²) in [4.78, 5) is -0.368. The molecule has 0 atom stereocenters. The average molecular weight is 385 g/mol. The van der Waals surface area contributed by atoms with E-state index in [0.717, 1.165) is 25.1 Å². The van der Waals surface area contributed by atoms with Crippen LogP contribution in [0.15, 0.2) is 23.1 Å². The molecule has 1 N–H and O–H groups in total. The lowest BCUT2D eigenvalue weighted by Crippen LogP contribution is -2.39. The van der Waals surface area contributed by atoms with E-state index in [1.165, 1.54) is 4.31 Å². The Hall–Kier alpha value is -0.830. The lowest BCUT2D eigenvalue weighted by Gasteiger charge is -2.31. The molecule has 0 bridgehead atoms. The van der Waals surface area contributed by atoms with Gasteiger partial charge in [0.25, 0.3) is 0 Å². The van der Waals surface area contributed by atoms with Gasteiger partial charge in [0.2, 0.25) is 10.0 Å². The van der Waals surface area contributed by atoms with Crippen molar-refractivity contribution in [2.45, 2.75) is 30.3 Å². The fourth-order valence-corrected chi connectivity index (χ4v) is 4.54. The second-order valence-electron chi connectivity index (χ2n) is 5.88. The lowest BCUT2D eigenvalue weighted by atomic mass is 9.95. The second-order valence-corrected chi connectivity index (χ2v) is 8.22. The molecule has 1 heterocycles. The molecule has 0 unspecified atom stereocenters. The molecule has 1 saturated heterocycles. The van der Waals surface area contributed by atoms with Crippen molar-refractivity contribution in [3.63, 3.8) is 0 Å². The minimum Gasteiger partial charge on any atom is -0.320 e. The molecule has 136 valence electrons. The van der Waals surface area contributed by atoms with Crippen LogP contribution in [0.2, 0.25) is 5.02 Å². The quantitative estimate of drug-likeness (QED) is 0.846. The number of piperidine rings is 1. The van der Waals surface area contributed by atoms with Crippen molar-refractivity contribution >= 4 is 21.6 Å². The number of nitrogens with zero attached hydrogens (tertiary/aromatic N) is 1. The first-order valence-corrected chi connectivity index (χ1v) is 9.49. The van der Waals surface area contributed by atoms with E-state index in [1.807, 2.05) is 7.05 Å². The Morgan fingerprint density at radius 3 is 2.46 bits per heavy atom. The topological polar surface area (TPSA) is 49.4 Å². The maximum atomic E-state index is 12.9. The highest BCUT2D eigenvalue weighted by Crippen LogP contribution is 2.36. The first kappa shape index (κ1) is 19.5. The summed E-state index contributed by atoms with van der Waals surface area (Å²) in [6.45, 7) is 1.50. The predicted octanol–water partition coefficient (Wildman–Crippen LogP) is 3.37. The van der Waals surface area contributed by atoms with Gasteiger partial charge in [-0.25, -0.2) is 8.42 Å². The Kier molecular flexibility index (Phi) is 6.17. The zero-order valence-electron chi connectivity index (χ0n) is 13.2. The zero-order chi connectivity index (χ0) is 18.0. The monoisotopic (exact) mass is 384 g/mol. The van der Waals surface area contributed by atoms with Gasteiger partial charge in [-0.2, -0.15) is 17.5 Å². The van der Waals surface area contributed by atoms with E-state index >= 15 is 0 Å². The lowest BCUT2D eigenvalue weighted by molar-refractivity contribution is -0.137. The maximum Gasteiger partial charge on any atom is 0.417 e. The summed E-state index contributed by atoms with van der Waals surface area (Å²) in [5.41, 5.74) is -1.13.